The summed E-state index contributed by atoms with van der Waals surface area (Å²) in [5.74, 6) is -1.03. The molecule has 0 N–H and O–H groups in total. The minimum atomic E-state index is -3.73. The predicted molar refractivity (Wildman–Crippen MR) is 105 cm³/mol. The highest BCUT2D eigenvalue weighted by Gasteiger charge is 2.30. The second-order valence-electron chi connectivity index (χ2n) is 6.78. The Morgan fingerprint density at radius 2 is 1.86 bits per heavy atom. The van der Waals surface area contributed by atoms with Crippen LogP contribution in [-0.4, -0.2) is 63.5 Å². The fourth-order valence-electron chi connectivity index (χ4n) is 3.13. The zero-order chi connectivity index (χ0) is 20.9. The molecule has 0 saturated carbocycles. The van der Waals surface area contributed by atoms with Crippen molar-refractivity contribution in [1.29, 1.82) is 0 Å². The molecule has 9 heteroatoms. The van der Waals surface area contributed by atoms with E-state index in [0.717, 1.165) is 10.6 Å². The fourth-order valence-corrected chi connectivity index (χ4v) is 3.97. The number of hydrogen-bond acceptors (Lipinski definition) is 6. The van der Waals surface area contributed by atoms with Crippen LogP contribution in [0.3, 0.4) is 0 Å². The Labute approximate surface area is 165 Å². The molecule has 1 aromatic rings. The highest BCUT2D eigenvalue weighted by molar-refractivity contribution is 7.92. The summed E-state index contributed by atoms with van der Waals surface area (Å²) in [6, 6.07) is 6.19. The molecular weight excluding hydrogens is 384 g/mol. The molecule has 1 heterocycles. The van der Waals surface area contributed by atoms with Gasteiger partial charge in [-0.3, -0.25) is 18.7 Å². The minimum absolute atomic E-state index is 0.192. The number of carbonyl (C=O) groups excluding carboxylic acids is 3. The van der Waals surface area contributed by atoms with Gasteiger partial charge < -0.3 is 9.64 Å². The van der Waals surface area contributed by atoms with Gasteiger partial charge in [0.1, 0.15) is 6.54 Å². The summed E-state index contributed by atoms with van der Waals surface area (Å²) in [7, 11) is -3.73. The topological polar surface area (TPSA) is 101 Å². The standard InChI is InChI=1S/C19H26N2O6S/c1-4-27-19(24)15-8-10-20(11-9-15)18(23)13-21(28(3,25)26)17-7-5-6-16(12-17)14(2)22/h5-7,12,15H,4,8-11,13H2,1-3H3. The van der Waals surface area contributed by atoms with Crippen molar-refractivity contribution in [3.05, 3.63) is 29.8 Å². The van der Waals surface area contributed by atoms with E-state index in [9.17, 15) is 22.8 Å². The van der Waals surface area contributed by atoms with Crippen molar-refractivity contribution in [2.45, 2.75) is 26.7 Å². The molecule has 1 fully saturated rings. The first-order valence-electron chi connectivity index (χ1n) is 9.16. The Bertz CT molecular complexity index is 844. The Morgan fingerprint density at radius 3 is 2.39 bits per heavy atom. The van der Waals surface area contributed by atoms with Crippen molar-refractivity contribution in [1.82, 2.24) is 4.90 Å². The summed E-state index contributed by atoms with van der Waals surface area (Å²) >= 11 is 0. The molecule has 0 aromatic heterocycles. The van der Waals surface area contributed by atoms with E-state index in [2.05, 4.69) is 0 Å². The lowest BCUT2D eigenvalue weighted by Crippen LogP contribution is -2.46. The third-order valence-corrected chi connectivity index (χ3v) is 5.83. The first kappa shape index (κ1) is 21.9. The van der Waals surface area contributed by atoms with Crippen LogP contribution in [0.15, 0.2) is 24.3 Å². The number of benzene rings is 1. The summed E-state index contributed by atoms with van der Waals surface area (Å²) in [6.07, 6.45) is 2.00. The summed E-state index contributed by atoms with van der Waals surface area (Å²) in [5, 5.41) is 0. The zero-order valence-electron chi connectivity index (χ0n) is 16.4. The van der Waals surface area contributed by atoms with Crippen LogP contribution in [-0.2, 0) is 24.3 Å². The molecular formula is C19H26N2O6S. The molecule has 1 aliphatic heterocycles. The van der Waals surface area contributed by atoms with Crippen LogP contribution >= 0.6 is 0 Å². The number of rotatable bonds is 7. The van der Waals surface area contributed by atoms with Gasteiger partial charge in [0.2, 0.25) is 15.9 Å². The molecule has 2 rings (SSSR count). The SMILES string of the molecule is CCOC(=O)C1CCN(C(=O)CN(c2cccc(C(C)=O)c2)S(C)(=O)=O)CC1. The van der Waals surface area contributed by atoms with Crippen LogP contribution in [0.4, 0.5) is 5.69 Å². The van der Waals surface area contributed by atoms with Gasteiger partial charge >= 0.3 is 5.97 Å². The van der Waals surface area contributed by atoms with E-state index in [4.69, 9.17) is 4.74 Å². The number of ether oxygens (including phenoxy) is 1. The largest absolute Gasteiger partial charge is 0.466 e. The molecule has 1 aromatic carbocycles. The van der Waals surface area contributed by atoms with Crippen LogP contribution in [0.1, 0.15) is 37.0 Å². The van der Waals surface area contributed by atoms with Crippen LogP contribution in [0.5, 0.6) is 0 Å². The molecule has 28 heavy (non-hydrogen) atoms. The fraction of sp³-hybridized carbons (Fsp3) is 0.526. The van der Waals surface area contributed by atoms with Gasteiger partial charge in [0, 0.05) is 18.7 Å². The molecule has 8 nitrogen and oxygen atoms in total. The van der Waals surface area contributed by atoms with Gasteiger partial charge in [-0.05, 0) is 38.8 Å². The molecule has 0 bridgehead atoms. The lowest BCUT2D eigenvalue weighted by molar-refractivity contribution is -0.151. The number of nitrogens with zero attached hydrogens (tertiary/aromatic N) is 2. The van der Waals surface area contributed by atoms with Gasteiger partial charge in [-0.25, -0.2) is 8.42 Å². The third kappa shape index (κ3) is 5.54. The second-order valence-corrected chi connectivity index (χ2v) is 8.69. The van der Waals surface area contributed by atoms with Crippen molar-refractivity contribution in [2.75, 3.05) is 36.8 Å². The van der Waals surface area contributed by atoms with Crippen molar-refractivity contribution in [2.24, 2.45) is 5.92 Å². The highest BCUT2D eigenvalue weighted by atomic mass is 32.2. The quantitative estimate of drug-likeness (QED) is 0.498. The van der Waals surface area contributed by atoms with Crippen LogP contribution in [0.2, 0.25) is 0 Å². The van der Waals surface area contributed by atoms with Crippen molar-refractivity contribution >= 4 is 33.4 Å². The van der Waals surface area contributed by atoms with E-state index < -0.39 is 10.0 Å². The lowest BCUT2D eigenvalue weighted by atomic mass is 9.97. The van der Waals surface area contributed by atoms with E-state index >= 15 is 0 Å². The number of ketones is 1. The van der Waals surface area contributed by atoms with Gasteiger partial charge in [-0.1, -0.05) is 12.1 Å². The molecule has 0 radical (unpaired) electrons. The average molecular weight is 410 g/mol. The number of carbonyl (C=O) groups is 3. The normalized spacial score (nSPS) is 15.2. The van der Waals surface area contributed by atoms with E-state index in [0.29, 0.717) is 38.1 Å². The zero-order valence-corrected chi connectivity index (χ0v) is 17.2. The second kappa shape index (κ2) is 9.18. The van der Waals surface area contributed by atoms with Crippen LogP contribution in [0.25, 0.3) is 0 Å². The summed E-state index contributed by atoms with van der Waals surface area (Å²) in [6.45, 7) is 3.84. The molecule has 0 atom stereocenters. The van der Waals surface area contributed by atoms with Crippen molar-refractivity contribution in [3.8, 4) is 0 Å². The average Bonchev–Trinajstić information content (AvgIpc) is 2.65. The number of esters is 1. The first-order chi connectivity index (χ1) is 13.1. The third-order valence-electron chi connectivity index (χ3n) is 4.69. The molecule has 1 aliphatic rings. The number of Topliss-reactive ketones (excluding diaryl/α,β-unsaturated/α-hetero) is 1. The Kier molecular flexibility index (Phi) is 7.17. The van der Waals surface area contributed by atoms with E-state index in [1.54, 1.807) is 30.0 Å². The summed E-state index contributed by atoms with van der Waals surface area (Å²) in [5.41, 5.74) is 0.638. The number of sulfonamides is 1. The number of piperidine rings is 1. The minimum Gasteiger partial charge on any atom is -0.466 e. The summed E-state index contributed by atoms with van der Waals surface area (Å²) < 4.78 is 30.5. The van der Waals surface area contributed by atoms with E-state index in [-0.39, 0.29) is 35.8 Å². The maximum absolute atomic E-state index is 12.7. The predicted octanol–water partition coefficient (Wildman–Crippen LogP) is 1.46. The van der Waals surface area contributed by atoms with Gasteiger partial charge in [-0.15, -0.1) is 0 Å². The maximum atomic E-state index is 12.7. The van der Waals surface area contributed by atoms with E-state index in [1.165, 1.54) is 13.0 Å². The molecule has 1 saturated heterocycles. The Morgan fingerprint density at radius 1 is 1.21 bits per heavy atom. The monoisotopic (exact) mass is 410 g/mol. The highest BCUT2D eigenvalue weighted by Crippen LogP contribution is 2.22. The van der Waals surface area contributed by atoms with Gasteiger partial charge in [0.05, 0.1) is 24.5 Å². The molecule has 0 unspecified atom stereocenters. The molecule has 0 aliphatic carbocycles. The van der Waals surface area contributed by atoms with Gasteiger partial charge in [0.25, 0.3) is 0 Å². The van der Waals surface area contributed by atoms with Crippen molar-refractivity contribution in [3.63, 3.8) is 0 Å². The van der Waals surface area contributed by atoms with E-state index in [1.807, 2.05) is 0 Å². The van der Waals surface area contributed by atoms with Crippen LogP contribution < -0.4 is 4.31 Å². The van der Waals surface area contributed by atoms with Gasteiger partial charge in [0.15, 0.2) is 5.78 Å². The maximum Gasteiger partial charge on any atom is 0.309 e. The smallest absolute Gasteiger partial charge is 0.309 e. The lowest BCUT2D eigenvalue weighted by Gasteiger charge is -2.32. The Hall–Kier alpha value is -2.42. The van der Waals surface area contributed by atoms with Crippen molar-refractivity contribution < 1.29 is 27.5 Å². The van der Waals surface area contributed by atoms with Crippen LogP contribution in [0, 0.1) is 5.92 Å². The number of amides is 1. The first-order valence-corrected chi connectivity index (χ1v) is 11.0. The number of hydrogen-bond donors (Lipinski definition) is 0. The summed E-state index contributed by atoms with van der Waals surface area (Å²) in [4.78, 5) is 37.7. The Balaban J connectivity index is 2.10. The number of likely N-dealkylation sites (tertiary alicyclic amines) is 1. The molecule has 1 amide bonds. The number of anilines is 1. The molecule has 0 spiro atoms. The molecule has 154 valence electrons. The van der Waals surface area contributed by atoms with Gasteiger partial charge in [-0.2, -0.15) is 0 Å².